The lowest BCUT2D eigenvalue weighted by molar-refractivity contribution is 0.274. The van der Waals surface area contributed by atoms with Crippen molar-refractivity contribution in [1.29, 1.82) is 0 Å². The van der Waals surface area contributed by atoms with Gasteiger partial charge in [0.2, 0.25) is 5.95 Å². The Hall–Kier alpha value is -1.58. The number of hydrogen-bond acceptors (Lipinski definition) is 3. The fourth-order valence-corrected chi connectivity index (χ4v) is 3.26. The second kappa shape index (κ2) is 4.83. The van der Waals surface area contributed by atoms with Crippen LogP contribution in [-0.4, -0.2) is 14.5 Å². The average Bonchev–Trinajstić information content (AvgIpc) is 2.74. The fraction of sp³-hybridized carbons (Fsp3) is 0.600. The Kier molecular flexibility index (Phi) is 3.17. The van der Waals surface area contributed by atoms with Gasteiger partial charge >= 0.3 is 0 Å². The molecule has 2 N–H and O–H groups in total. The van der Waals surface area contributed by atoms with E-state index in [1.54, 1.807) is 0 Å². The van der Waals surface area contributed by atoms with E-state index in [1.807, 2.05) is 19.1 Å². The minimum Gasteiger partial charge on any atom is -0.369 e. The van der Waals surface area contributed by atoms with Crippen LogP contribution in [0, 0.1) is 12.8 Å². The summed E-state index contributed by atoms with van der Waals surface area (Å²) in [4.78, 5) is 9.08. The van der Waals surface area contributed by atoms with Gasteiger partial charge in [-0.05, 0) is 50.7 Å². The molecule has 0 unspecified atom stereocenters. The number of aryl methyl sites for hydroxylation is 1. The summed E-state index contributed by atoms with van der Waals surface area (Å²) in [5.41, 5.74) is 9.01. The van der Waals surface area contributed by atoms with E-state index in [1.165, 1.54) is 32.1 Å². The van der Waals surface area contributed by atoms with Gasteiger partial charge in [0, 0.05) is 11.7 Å². The Balaban J connectivity index is 1.96. The number of nitrogens with two attached hydrogens (primary N) is 1. The van der Waals surface area contributed by atoms with Crippen LogP contribution in [0.1, 0.15) is 50.8 Å². The summed E-state index contributed by atoms with van der Waals surface area (Å²) < 4.78 is 2.16. The van der Waals surface area contributed by atoms with E-state index < -0.39 is 0 Å². The van der Waals surface area contributed by atoms with Crippen molar-refractivity contribution in [2.45, 2.75) is 52.0 Å². The van der Waals surface area contributed by atoms with Gasteiger partial charge in [0.15, 0.2) is 5.65 Å². The lowest BCUT2D eigenvalue weighted by Crippen LogP contribution is -2.19. The molecular formula is C15H22N4. The lowest BCUT2D eigenvalue weighted by Gasteiger charge is -2.29. The van der Waals surface area contributed by atoms with Gasteiger partial charge in [0.25, 0.3) is 0 Å². The van der Waals surface area contributed by atoms with Crippen LogP contribution >= 0.6 is 0 Å². The van der Waals surface area contributed by atoms with Gasteiger partial charge < -0.3 is 5.73 Å². The topological polar surface area (TPSA) is 56.7 Å². The Morgan fingerprint density at radius 3 is 2.63 bits per heavy atom. The van der Waals surface area contributed by atoms with Crippen molar-refractivity contribution in [3.8, 4) is 0 Å². The molecule has 1 fully saturated rings. The van der Waals surface area contributed by atoms with Crippen LogP contribution < -0.4 is 5.73 Å². The van der Waals surface area contributed by atoms with Crippen molar-refractivity contribution in [3.63, 3.8) is 0 Å². The molecule has 4 heteroatoms. The predicted molar refractivity (Wildman–Crippen MR) is 78.0 cm³/mol. The SMILES string of the molecule is CCC1CCC(n2c(N)nc3ccc(C)nc32)CC1. The highest BCUT2D eigenvalue weighted by atomic mass is 15.2. The zero-order valence-corrected chi connectivity index (χ0v) is 11.8. The van der Waals surface area contributed by atoms with E-state index >= 15 is 0 Å². The van der Waals surface area contributed by atoms with Gasteiger partial charge in [0.1, 0.15) is 5.52 Å². The number of rotatable bonds is 2. The molecule has 0 aromatic carbocycles. The smallest absolute Gasteiger partial charge is 0.202 e. The molecular weight excluding hydrogens is 236 g/mol. The molecule has 4 nitrogen and oxygen atoms in total. The van der Waals surface area contributed by atoms with Crippen molar-refractivity contribution < 1.29 is 0 Å². The van der Waals surface area contributed by atoms with Crippen molar-refractivity contribution >= 4 is 17.1 Å². The van der Waals surface area contributed by atoms with E-state index in [4.69, 9.17) is 5.73 Å². The maximum atomic E-state index is 6.11. The second-order valence-corrected chi connectivity index (χ2v) is 5.72. The average molecular weight is 258 g/mol. The third-order valence-electron chi connectivity index (χ3n) is 4.46. The van der Waals surface area contributed by atoms with Gasteiger partial charge in [-0.1, -0.05) is 13.3 Å². The number of nitrogens with zero attached hydrogens (tertiary/aromatic N) is 3. The summed E-state index contributed by atoms with van der Waals surface area (Å²) in [5.74, 6) is 1.51. The summed E-state index contributed by atoms with van der Waals surface area (Å²) in [6.45, 7) is 4.30. The van der Waals surface area contributed by atoms with Crippen LogP contribution in [0.2, 0.25) is 0 Å². The van der Waals surface area contributed by atoms with Crippen LogP contribution in [0.25, 0.3) is 11.2 Å². The Morgan fingerprint density at radius 2 is 1.95 bits per heavy atom. The maximum Gasteiger partial charge on any atom is 0.202 e. The van der Waals surface area contributed by atoms with E-state index in [9.17, 15) is 0 Å². The summed E-state index contributed by atoms with van der Waals surface area (Å²) in [6, 6.07) is 4.48. The van der Waals surface area contributed by atoms with Crippen LogP contribution in [-0.2, 0) is 0 Å². The Morgan fingerprint density at radius 1 is 1.21 bits per heavy atom. The lowest BCUT2D eigenvalue weighted by atomic mass is 9.84. The summed E-state index contributed by atoms with van der Waals surface area (Å²) in [7, 11) is 0. The molecule has 0 radical (unpaired) electrons. The standard InChI is InChI=1S/C15H22N4/c1-3-11-5-7-12(8-6-11)19-14-13(18-15(19)16)9-4-10(2)17-14/h4,9,11-12H,3,5-8H2,1-2H3,(H2,16,18). The number of aromatic nitrogens is 3. The number of nitrogen functional groups attached to an aromatic ring is 1. The van der Waals surface area contributed by atoms with Gasteiger partial charge in [-0.2, -0.15) is 0 Å². The molecule has 0 bridgehead atoms. The van der Waals surface area contributed by atoms with Gasteiger partial charge in [-0.3, -0.25) is 4.57 Å². The fourth-order valence-electron chi connectivity index (χ4n) is 3.26. The van der Waals surface area contributed by atoms with E-state index in [2.05, 4.69) is 21.5 Å². The molecule has 0 saturated heterocycles. The number of imidazole rings is 1. The van der Waals surface area contributed by atoms with Gasteiger partial charge in [0.05, 0.1) is 0 Å². The summed E-state index contributed by atoms with van der Waals surface area (Å²) in [6.07, 6.45) is 6.29. The molecule has 0 amide bonds. The molecule has 0 atom stereocenters. The first-order valence-electron chi connectivity index (χ1n) is 7.30. The van der Waals surface area contributed by atoms with Crippen LogP contribution in [0.5, 0.6) is 0 Å². The van der Waals surface area contributed by atoms with Crippen LogP contribution in [0.3, 0.4) is 0 Å². The van der Waals surface area contributed by atoms with Gasteiger partial charge in [-0.25, -0.2) is 9.97 Å². The largest absolute Gasteiger partial charge is 0.369 e. The highest BCUT2D eigenvalue weighted by molar-refractivity contribution is 5.74. The molecule has 102 valence electrons. The molecule has 19 heavy (non-hydrogen) atoms. The number of pyridine rings is 1. The molecule has 0 spiro atoms. The monoisotopic (exact) mass is 258 g/mol. The first-order valence-corrected chi connectivity index (χ1v) is 7.30. The highest BCUT2D eigenvalue weighted by Crippen LogP contribution is 2.36. The third-order valence-corrected chi connectivity index (χ3v) is 4.46. The zero-order chi connectivity index (χ0) is 13.4. The van der Waals surface area contributed by atoms with Crippen molar-refractivity contribution in [2.24, 2.45) is 5.92 Å². The van der Waals surface area contributed by atoms with Crippen molar-refractivity contribution in [1.82, 2.24) is 14.5 Å². The van der Waals surface area contributed by atoms with E-state index in [-0.39, 0.29) is 0 Å². The number of anilines is 1. The van der Waals surface area contributed by atoms with Gasteiger partial charge in [-0.15, -0.1) is 0 Å². The Labute approximate surface area is 114 Å². The minimum absolute atomic E-state index is 0.474. The highest BCUT2D eigenvalue weighted by Gasteiger charge is 2.24. The first kappa shape index (κ1) is 12.5. The second-order valence-electron chi connectivity index (χ2n) is 5.72. The normalized spacial score (nSPS) is 23.9. The molecule has 2 heterocycles. The number of fused-ring (bicyclic) bond motifs is 1. The molecule has 1 aliphatic carbocycles. The summed E-state index contributed by atoms with van der Waals surface area (Å²) >= 11 is 0. The molecule has 1 aliphatic rings. The molecule has 2 aromatic heterocycles. The maximum absolute atomic E-state index is 6.11. The van der Waals surface area contributed by atoms with E-state index in [0.29, 0.717) is 12.0 Å². The molecule has 0 aliphatic heterocycles. The minimum atomic E-state index is 0.474. The predicted octanol–water partition coefficient (Wildman–Crippen LogP) is 3.46. The van der Waals surface area contributed by atoms with Crippen LogP contribution in [0.4, 0.5) is 5.95 Å². The van der Waals surface area contributed by atoms with Crippen molar-refractivity contribution in [2.75, 3.05) is 5.73 Å². The molecule has 1 saturated carbocycles. The van der Waals surface area contributed by atoms with Crippen molar-refractivity contribution in [3.05, 3.63) is 17.8 Å². The zero-order valence-electron chi connectivity index (χ0n) is 11.8. The Bertz CT molecular complexity index is 579. The quantitative estimate of drug-likeness (QED) is 0.897. The van der Waals surface area contributed by atoms with E-state index in [0.717, 1.165) is 22.8 Å². The number of hydrogen-bond donors (Lipinski definition) is 1. The molecule has 2 aromatic rings. The summed E-state index contributed by atoms with van der Waals surface area (Å²) in [5, 5.41) is 0. The van der Waals surface area contributed by atoms with Crippen LogP contribution in [0.15, 0.2) is 12.1 Å². The third kappa shape index (κ3) is 2.20. The first-order chi connectivity index (χ1) is 9.19. The molecule has 3 rings (SSSR count).